The van der Waals surface area contributed by atoms with E-state index in [1.54, 1.807) is 18.4 Å². The molecule has 0 bridgehead atoms. The summed E-state index contributed by atoms with van der Waals surface area (Å²) < 4.78 is 40.1. The molecule has 3 unspecified atom stereocenters. The molecule has 0 N–H and O–H groups in total. The van der Waals surface area contributed by atoms with Crippen molar-refractivity contribution in [2.75, 3.05) is 40.5 Å². The first-order valence-electron chi connectivity index (χ1n) is 9.81. The van der Waals surface area contributed by atoms with Crippen LogP contribution in [0.3, 0.4) is 0 Å². The Morgan fingerprint density at radius 3 is 2.70 bits per heavy atom. The molecule has 8 heteroatoms. The molecule has 4 heterocycles. The van der Waals surface area contributed by atoms with Gasteiger partial charge in [0.1, 0.15) is 0 Å². The van der Waals surface area contributed by atoms with Gasteiger partial charge in [0.15, 0.2) is 11.5 Å². The van der Waals surface area contributed by atoms with E-state index >= 15 is 0 Å². The molecule has 5 rings (SSSR count). The minimum atomic E-state index is -3.39. The topological polar surface area (TPSA) is 62.3 Å². The number of hydrogen-bond acceptors (Lipinski definition) is 5. The largest absolute Gasteiger partial charge is 0.454 e. The highest BCUT2D eigenvalue weighted by atomic mass is 32.2. The Balaban J connectivity index is 1.49. The molecular formula is C19H27N3O4S. The van der Waals surface area contributed by atoms with E-state index in [0.717, 1.165) is 50.3 Å². The predicted octanol–water partition coefficient (Wildman–Crippen LogP) is 1.61. The number of nitrogens with zero attached hydrogens (tertiary/aromatic N) is 3. The van der Waals surface area contributed by atoms with Crippen LogP contribution in [0.15, 0.2) is 12.1 Å². The second-order valence-corrected chi connectivity index (χ2v) is 10.4. The first kappa shape index (κ1) is 17.7. The summed E-state index contributed by atoms with van der Waals surface area (Å²) in [7, 11) is -0.132. The van der Waals surface area contributed by atoms with Crippen molar-refractivity contribution in [2.24, 2.45) is 5.92 Å². The van der Waals surface area contributed by atoms with Crippen molar-refractivity contribution in [2.45, 2.75) is 37.8 Å². The van der Waals surface area contributed by atoms with Crippen molar-refractivity contribution in [3.8, 4) is 11.5 Å². The van der Waals surface area contributed by atoms with Crippen molar-refractivity contribution < 1.29 is 17.9 Å². The zero-order chi connectivity index (χ0) is 18.8. The summed E-state index contributed by atoms with van der Waals surface area (Å²) in [4.78, 5) is 2.55. The Labute approximate surface area is 161 Å². The van der Waals surface area contributed by atoms with Crippen molar-refractivity contribution in [1.82, 2.24) is 13.5 Å². The highest BCUT2D eigenvalue weighted by Gasteiger charge is 2.46. The lowest BCUT2D eigenvalue weighted by molar-refractivity contribution is 0.0203. The van der Waals surface area contributed by atoms with E-state index in [4.69, 9.17) is 9.47 Å². The highest BCUT2D eigenvalue weighted by Crippen LogP contribution is 2.46. The molecule has 4 aliphatic heterocycles. The van der Waals surface area contributed by atoms with Crippen LogP contribution in [0.1, 0.15) is 36.4 Å². The van der Waals surface area contributed by atoms with Gasteiger partial charge in [0, 0.05) is 45.8 Å². The van der Waals surface area contributed by atoms with Gasteiger partial charge in [-0.1, -0.05) is 0 Å². The summed E-state index contributed by atoms with van der Waals surface area (Å²) in [6.45, 7) is 2.91. The number of piperidine rings is 2. The molecule has 7 nitrogen and oxygen atoms in total. The fourth-order valence-electron chi connectivity index (χ4n) is 5.29. The molecule has 148 valence electrons. The molecule has 1 aromatic carbocycles. The Hall–Kier alpha value is -1.35. The number of benzene rings is 1. The first-order valence-corrected chi connectivity index (χ1v) is 11.2. The highest BCUT2D eigenvalue weighted by molar-refractivity contribution is 7.86. The Morgan fingerprint density at radius 2 is 1.93 bits per heavy atom. The summed E-state index contributed by atoms with van der Waals surface area (Å²) in [5.41, 5.74) is 2.61. The lowest BCUT2D eigenvalue weighted by Gasteiger charge is -2.52. The molecule has 1 aromatic rings. The van der Waals surface area contributed by atoms with Gasteiger partial charge < -0.3 is 9.47 Å². The van der Waals surface area contributed by atoms with Crippen molar-refractivity contribution in [3.63, 3.8) is 0 Å². The van der Waals surface area contributed by atoms with Crippen LogP contribution in [0, 0.1) is 5.92 Å². The minimum Gasteiger partial charge on any atom is -0.454 e. The molecular weight excluding hydrogens is 366 g/mol. The van der Waals surface area contributed by atoms with Crippen molar-refractivity contribution in [1.29, 1.82) is 0 Å². The molecule has 0 aliphatic carbocycles. The van der Waals surface area contributed by atoms with Crippen LogP contribution in [-0.2, 0) is 16.6 Å². The van der Waals surface area contributed by atoms with Gasteiger partial charge in [0.25, 0.3) is 10.2 Å². The monoisotopic (exact) mass is 393 g/mol. The van der Waals surface area contributed by atoms with E-state index in [9.17, 15) is 8.42 Å². The van der Waals surface area contributed by atoms with Gasteiger partial charge >= 0.3 is 0 Å². The van der Waals surface area contributed by atoms with Crippen LogP contribution in [0.25, 0.3) is 0 Å². The summed E-state index contributed by atoms with van der Waals surface area (Å²) in [5.74, 6) is 2.07. The number of ether oxygens (including phenoxy) is 2. The first-order chi connectivity index (χ1) is 12.9. The van der Waals surface area contributed by atoms with Gasteiger partial charge in [-0.25, -0.2) is 0 Å². The van der Waals surface area contributed by atoms with Gasteiger partial charge in [0.2, 0.25) is 6.79 Å². The molecule has 0 amide bonds. The zero-order valence-corrected chi connectivity index (χ0v) is 16.7. The molecule has 2 saturated heterocycles. The third-order valence-corrected chi connectivity index (χ3v) is 8.63. The van der Waals surface area contributed by atoms with Crippen LogP contribution in [-0.4, -0.2) is 68.5 Å². The Morgan fingerprint density at radius 1 is 1.15 bits per heavy atom. The Bertz CT molecular complexity index is 857. The van der Waals surface area contributed by atoms with Crippen LogP contribution in [0.4, 0.5) is 0 Å². The minimum absolute atomic E-state index is 0.0729. The van der Waals surface area contributed by atoms with E-state index in [2.05, 4.69) is 17.0 Å². The lowest BCUT2D eigenvalue weighted by Crippen LogP contribution is -2.59. The van der Waals surface area contributed by atoms with Gasteiger partial charge in [-0.3, -0.25) is 4.90 Å². The molecule has 0 saturated carbocycles. The molecule has 27 heavy (non-hydrogen) atoms. The van der Waals surface area contributed by atoms with Gasteiger partial charge in [0.05, 0.1) is 0 Å². The van der Waals surface area contributed by atoms with E-state index in [1.807, 2.05) is 0 Å². The average Bonchev–Trinajstić information content (AvgIpc) is 3.11. The maximum absolute atomic E-state index is 12.9. The van der Waals surface area contributed by atoms with E-state index in [-0.39, 0.29) is 18.9 Å². The summed E-state index contributed by atoms with van der Waals surface area (Å²) in [5, 5.41) is 0. The second-order valence-electron chi connectivity index (χ2n) is 8.27. The van der Waals surface area contributed by atoms with Gasteiger partial charge in [-0.15, -0.1) is 0 Å². The smallest absolute Gasteiger partial charge is 0.281 e. The van der Waals surface area contributed by atoms with Crippen LogP contribution in [0.5, 0.6) is 11.5 Å². The fourth-order valence-corrected chi connectivity index (χ4v) is 6.67. The SMILES string of the molecule is CN(C)S(=O)(=O)N1CCCC2CN3CCc4cc5c(cc4C3CC21)OCO5. The molecule has 0 aromatic heterocycles. The fraction of sp³-hybridized carbons (Fsp3) is 0.684. The number of rotatable bonds is 2. The van der Waals surface area contributed by atoms with Crippen molar-refractivity contribution >= 4 is 10.2 Å². The van der Waals surface area contributed by atoms with Crippen LogP contribution < -0.4 is 9.47 Å². The summed E-state index contributed by atoms with van der Waals surface area (Å²) in [6, 6.07) is 4.57. The number of hydrogen-bond donors (Lipinski definition) is 0. The second kappa shape index (κ2) is 6.34. The molecule has 0 spiro atoms. The lowest BCUT2D eigenvalue weighted by atomic mass is 9.77. The van der Waals surface area contributed by atoms with E-state index in [0.29, 0.717) is 12.5 Å². The number of fused-ring (bicyclic) bond motifs is 5. The van der Waals surface area contributed by atoms with Gasteiger partial charge in [-0.05, 0) is 54.9 Å². The third-order valence-electron chi connectivity index (χ3n) is 6.66. The molecule has 2 fully saturated rings. The molecule has 3 atom stereocenters. The normalized spacial score (nSPS) is 30.7. The maximum Gasteiger partial charge on any atom is 0.281 e. The molecule has 4 aliphatic rings. The van der Waals surface area contributed by atoms with Gasteiger partial charge in [-0.2, -0.15) is 17.0 Å². The Kier molecular flexibility index (Phi) is 4.16. The summed E-state index contributed by atoms with van der Waals surface area (Å²) in [6.07, 6.45) is 3.92. The standard InChI is InChI=1S/C19H27N3O4S/c1-20(2)27(23,24)22-6-3-4-14-11-21-7-5-13-8-18-19(26-12-25-18)9-15(13)17(21)10-16(14)22/h8-9,14,16-17H,3-7,10-12H2,1-2H3. The van der Waals surface area contributed by atoms with Crippen LogP contribution >= 0.6 is 0 Å². The zero-order valence-electron chi connectivity index (χ0n) is 15.9. The van der Waals surface area contributed by atoms with Crippen LogP contribution in [0.2, 0.25) is 0 Å². The predicted molar refractivity (Wildman–Crippen MR) is 101 cm³/mol. The van der Waals surface area contributed by atoms with E-state index in [1.165, 1.54) is 15.4 Å². The molecule has 0 radical (unpaired) electrons. The quantitative estimate of drug-likeness (QED) is 0.764. The summed E-state index contributed by atoms with van der Waals surface area (Å²) >= 11 is 0. The third kappa shape index (κ3) is 2.76. The average molecular weight is 394 g/mol. The maximum atomic E-state index is 12.9. The van der Waals surface area contributed by atoms with E-state index < -0.39 is 10.2 Å². The van der Waals surface area contributed by atoms with Crippen molar-refractivity contribution in [3.05, 3.63) is 23.3 Å².